The second-order valence-electron chi connectivity index (χ2n) is 5.75. The number of nitrogens with one attached hydrogen (secondary N) is 1. The molecule has 0 unspecified atom stereocenters. The SMILES string of the molecule is Cc1cc(N2CCCC2)ccc1NCc1ccccc1N. The first-order valence-electron chi connectivity index (χ1n) is 7.67. The van der Waals surface area contributed by atoms with Crippen LogP contribution in [0.4, 0.5) is 17.1 Å². The van der Waals surface area contributed by atoms with Crippen molar-refractivity contribution < 1.29 is 0 Å². The fraction of sp³-hybridized carbons (Fsp3) is 0.333. The van der Waals surface area contributed by atoms with Crippen molar-refractivity contribution in [1.82, 2.24) is 0 Å². The Morgan fingerprint density at radius 3 is 2.57 bits per heavy atom. The maximum Gasteiger partial charge on any atom is 0.0421 e. The minimum atomic E-state index is 0.760. The molecule has 2 aromatic rings. The standard InChI is InChI=1S/C18H23N3/c1-14-12-16(21-10-4-5-11-21)8-9-18(14)20-13-15-6-2-3-7-17(15)19/h2-3,6-9,12,20H,4-5,10-11,13,19H2,1H3. The van der Waals surface area contributed by atoms with Crippen molar-refractivity contribution in [2.75, 3.05) is 29.0 Å². The normalized spacial score (nSPS) is 14.4. The second-order valence-corrected chi connectivity index (χ2v) is 5.75. The first-order valence-corrected chi connectivity index (χ1v) is 7.67. The lowest BCUT2D eigenvalue weighted by molar-refractivity contribution is 0.949. The van der Waals surface area contributed by atoms with E-state index in [9.17, 15) is 0 Å². The third-order valence-electron chi connectivity index (χ3n) is 4.21. The van der Waals surface area contributed by atoms with Gasteiger partial charge in [0.05, 0.1) is 0 Å². The number of hydrogen-bond donors (Lipinski definition) is 2. The smallest absolute Gasteiger partial charge is 0.0421 e. The lowest BCUT2D eigenvalue weighted by atomic mass is 10.1. The summed E-state index contributed by atoms with van der Waals surface area (Å²) >= 11 is 0. The van der Waals surface area contributed by atoms with E-state index in [4.69, 9.17) is 5.73 Å². The van der Waals surface area contributed by atoms with Crippen LogP contribution in [0, 0.1) is 6.92 Å². The molecular weight excluding hydrogens is 258 g/mol. The molecule has 0 amide bonds. The van der Waals surface area contributed by atoms with Crippen molar-refractivity contribution >= 4 is 17.1 Å². The first kappa shape index (κ1) is 13.8. The molecule has 1 saturated heterocycles. The summed E-state index contributed by atoms with van der Waals surface area (Å²) in [5, 5.41) is 3.49. The molecule has 0 bridgehead atoms. The molecule has 0 aliphatic carbocycles. The van der Waals surface area contributed by atoms with Crippen LogP contribution < -0.4 is 16.0 Å². The first-order chi connectivity index (χ1) is 10.2. The summed E-state index contributed by atoms with van der Waals surface area (Å²) in [6, 6.07) is 14.7. The predicted molar refractivity (Wildman–Crippen MR) is 90.8 cm³/mol. The fourth-order valence-electron chi connectivity index (χ4n) is 2.90. The minimum Gasteiger partial charge on any atom is -0.398 e. The highest BCUT2D eigenvalue weighted by atomic mass is 15.1. The van der Waals surface area contributed by atoms with Crippen LogP contribution in [0.25, 0.3) is 0 Å². The minimum absolute atomic E-state index is 0.760. The molecule has 3 heteroatoms. The summed E-state index contributed by atoms with van der Waals surface area (Å²) < 4.78 is 0. The summed E-state index contributed by atoms with van der Waals surface area (Å²) in [6.45, 7) is 5.30. The molecule has 1 aliphatic rings. The third kappa shape index (κ3) is 3.13. The summed E-state index contributed by atoms with van der Waals surface area (Å²) in [6.07, 6.45) is 2.62. The molecule has 0 aromatic heterocycles. The van der Waals surface area contributed by atoms with Crippen LogP contribution in [0.5, 0.6) is 0 Å². The Hall–Kier alpha value is -2.16. The van der Waals surface area contributed by atoms with Crippen LogP contribution in [-0.2, 0) is 6.54 Å². The molecule has 3 nitrogen and oxygen atoms in total. The Morgan fingerprint density at radius 2 is 1.86 bits per heavy atom. The fourth-order valence-corrected chi connectivity index (χ4v) is 2.90. The number of rotatable bonds is 4. The average molecular weight is 281 g/mol. The summed E-state index contributed by atoms with van der Waals surface area (Å²) in [5.41, 5.74) is 11.8. The van der Waals surface area contributed by atoms with E-state index >= 15 is 0 Å². The molecule has 1 heterocycles. The van der Waals surface area contributed by atoms with Gasteiger partial charge in [-0.3, -0.25) is 0 Å². The topological polar surface area (TPSA) is 41.3 Å². The number of nitrogens with zero attached hydrogens (tertiary/aromatic N) is 1. The van der Waals surface area contributed by atoms with Gasteiger partial charge in [-0.2, -0.15) is 0 Å². The van der Waals surface area contributed by atoms with Crippen LogP contribution in [0.15, 0.2) is 42.5 Å². The predicted octanol–water partition coefficient (Wildman–Crippen LogP) is 3.79. The van der Waals surface area contributed by atoms with Gasteiger partial charge in [-0.05, 0) is 55.2 Å². The van der Waals surface area contributed by atoms with Crippen molar-refractivity contribution in [3.8, 4) is 0 Å². The zero-order valence-corrected chi connectivity index (χ0v) is 12.6. The average Bonchev–Trinajstić information content (AvgIpc) is 3.02. The molecular formula is C18H23N3. The molecule has 21 heavy (non-hydrogen) atoms. The maximum atomic E-state index is 5.98. The number of hydrogen-bond acceptors (Lipinski definition) is 3. The van der Waals surface area contributed by atoms with Gasteiger partial charge in [0.25, 0.3) is 0 Å². The Labute approximate surface area is 126 Å². The van der Waals surface area contributed by atoms with E-state index in [1.54, 1.807) is 0 Å². The number of anilines is 3. The Morgan fingerprint density at radius 1 is 1.10 bits per heavy atom. The van der Waals surface area contributed by atoms with Crippen molar-refractivity contribution in [3.63, 3.8) is 0 Å². The number of nitrogens with two attached hydrogens (primary N) is 1. The Kier molecular flexibility index (Phi) is 4.00. The monoisotopic (exact) mass is 281 g/mol. The zero-order chi connectivity index (χ0) is 14.7. The van der Waals surface area contributed by atoms with Crippen molar-refractivity contribution in [2.24, 2.45) is 0 Å². The lowest BCUT2D eigenvalue weighted by Gasteiger charge is -2.19. The third-order valence-corrected chi connectivity index (χ3v) is 4.21. The van der Waals surface area contributed by atoms with E-state index in [1.807, 2.05) is 18.2 Å². The molecule has 3 rings (SSSR count). The number of nitrogen functional groups attached to an aromatic ring is 1. The second kappa shape index (κ2) is 6.08. The molecule has 3 N–H and O–H groups in total. The Balaban J connectivity index is 1.70. The van der Waals surface area contributed by atoms with Crippen molar-refractivity contribution in [1.29, 1.82) is 0 Å². The van der Waals surface area contributed by atoms with Gasteiger partial charge in [0.15, 0.2) is 0 Å². The highest BCUT2D eigenvalue weighted by Crippen LogP contribution is 2.26. The molecule has 110 valence electrons. The van der Waals surface area contributed by atoms with Crippen LogP contribution in [-0.4, -0.2) is 13.1 Å². The van der Waals surface area contributed by atoms with E-state index in [1.165, 1.54) is 42.9 Å². The number of para-hydroxylation sites is 1. The molecule has 1 aliphatic heterocycles. The largest absolute Gasteiger partial charge is 0.398 e. The van der Waals surface area contributed by atoms with Crippen LogP contribution in [0.3, 0.4) is 0 Å². The van der Waals surface area contributed by atoms with E-state index in [2.05, 4.69) is 41.4 Å². The maximum absolute atomic E-state index is 5.98. The summed E-state index contributed by atoms with van der Waals surface area (Å²) in [4.78, 5) is 2.46. The van der Waals surface area contributed by atoms with Crippen LogP contribution >= 0.6 is 0 Å². The Bertz CT molecular complexity index is 616. The van der Waals surface area contributed by atoms with E-state index in [0.29, 0.717) is 0 Å². The number of aryl methyl sites for hydroxylation is 1. The molecule has 2 aromatic carbocycles. The molecule has 0 radical (unpaired) electrons. The molecule has 0 saturated carbocycles. The van der Waals surface area contributed by atoms with Crippen LogP contribution in [0.2, 0.25) is 0 Å². The van der Waals surface area contributed by atoms with Gasteiger partial charge < -0.3 is 16.0 Å². The van der Waals surface area contributed by atoms with Gasteiger partial charge in [-0.1, -0.05) is 18.2 Å². The quantitative estimate of drug-likeness (QED) is 0.838. The molecule has 0 spiro atoms. The zero-order valence-electron chi connectivity index (χ0n) is 12.6. The van der Waals surface area contributed by atoms with Crippen molar-refractivity contribution in [3.05, 3.63) is 53.6 Å². The van der Waals surface area contributed by atoms with Gasteiger partial charge in [-0.15, -0.1) is 0 Å². The van der Waals surface area contributed by atoms with E-state index in [0.717, 1.165) is 17.8 Å². The van der Waals surface area contributed by atoms with Gasteiger partial charge in [0.2, 0.25) is 0 Å². The number of benzene rings is 2. The highest BCUT2D eigenvalue weighted by Gasteiger charge is 2.12. The highest BCUT2D eigenvalue weighted by molar-refractivity contribution is 5.61. The van der Waals surface area contributed by atoms with Crippen molar-refractivity contribution in [2.45, 2.75) is 26.3 Å². The molecule has 0 atom stereocenters. The van der Waals surface area contributed by atoms with Crippen LogP contribution in [0.1, 0.15) is 24.0 Å². The molecule has 1 fully saturated rings. The van der Waals surface area contributed by atoms with Gasteiger partial charge in [0, 0.05) is 36.7 Å². The van der Waals surface area contributed by atoms with E-state index in [-0.39, 0.29) is 0 Å². The summed E-state index contributed by atoms with van der Waals surface area (Å²) in [7, 11) is 0. The van der Waals surface area contributed by atoms with Gasteiger partial charge >= 0.3 is 0 Å². The van der Waals surface area contributed by atoms with E-state index < -0.39 is 0 Å². The lowest BCUT2D eigenvalue weighted by Crippen LogP contribution is -2.17. The van der Waals surface area contributed by atoms with Gasteiger partial charge in [0.1, 0.15) is 0 Å². The summed E-state index contributed by atoms with van der Waals surface area (Å²) in [5.74, 6) is 0. The van der Waals surface area contributed by atoms with Gasteiger partial charge in [-0.25, -0.2) is 0 Å².